The van der Waals surface area contributed by atoms with Crippen molar-refractivity contribution < 1.29 is 121 Å². The zero-order valence-corrected chi connectivity index (χ0v) is 80.0. The molecule has 2 bridgehead atoms. The third-order valence-electron chi connectivity index (χ3n) is 21.8. The standard InChI is InChI=1S/C85H124N24O25S4/c1-41(2)30-54-75(123)103-56(32-47-18-11-8-12-19-47)77(125)106-61(81(129)98-51(22-25-63(88)111)72(120)97-52(23-26-64(89)112)73(121)104-58(85(133)134)33-48-35-91-40-92-48)39-138-137-38-60-80(128)96-50(20-13-14-28-86)71(119)95-44(5)84(132)109-29-15-21-62(109)82(130)99-53(24-27-66(114)115)74(122)108-67(45(6)110)83(131)94-43(4)69(117)101-55(31-46-16-9-7-10-17-46)76(124)105-59(79(127)93-42(3)68(116)100-54)37-136-135-36-49(87)70(118)102-57(34-65(90)113)78(126)107-60/h7-12,16-19,35,40-45,49-62,67,110H,13-15,20-34,36-39,86-87H2,1-6H3,(H2,88,111)(H2,89,112)(H2,90,113)(H,91,92)(H,93,127)(H,94,131)(H,95,119)(H,96,128)(H,97,120)(H,98,129)(H,99,130)(H,100,116)(H,101,117)(H,102,118)(H,103,123)(H,104,121)(H,105,124)(H,106,125)(H,107,126)(H,108,122)(H,114,115)(H,133,134)/t42-,43-,44-,45+,49-,50-,51-,52-,53-,54-,55-,56-,57-,58-,59-,60-,61-,62-,67-/m0/s1. The number of benzene rings is 2. The highest BCUT2D eigenvalue weighted by atomic mass is 33.1. The lowest BCUT2D eigenvalue weighted by Gasteiger charge is -2.30. The molecule has 0 radical (unpaired) electrons. The molecule has 0 saturated carbocycles. The fraction of sp³-hybridized carbons (Fsp3) is 0.565. The number of aliphatic hydroxyl groups is 1. The van der Waals surface area contributed by atoms with Gasteiger partial charge in [0.15, 0.2) is 0 Å². The normalized spacial score (nSPS) is 25.1. The molecule has 1 aromatic heterocycles. The fourth-order valence-electron chi connectivity index (χ4n) is 14.2. The Kier molecular flexibility index (Phi) is 47.5. The van der Waals surface area contributed by atoms with Gasteiger partial charge in [-0.25, -0.2) is 9.78 Å². The number of H-pyrrole nitrogens is 1. The molecule has 4 heterocycles. The van der Waals surface area contributed by atoms with E-state index in [1.54, 1.807) is 74.5 Å². The molecule has 3 fully saturated rings. The van der Waals surface area contributed by atoms with Crippen LogP contribution >= 0.6 is 43.2 Å². The number of nitrogens with zero attached hydrogens (tertiary/aromatic N) is 2. The third kappa shape index (κ3) is 38.7. The molecular formula is C85H124N24O25S4. The van der Waals surface area contributed by atoms with E-state index in [9.17, 15) is 96.8 Å². The van der Waals surface area contributed by atoms with E-state index in [2.05, 4.69) is 95.0 Å². The minimum atomic E-state index is -1.99. The predicted molar refractivity (Wildman–Crippen MR) is 502 cm³/mol. The summed E-state index contributed by atoms with van der Waals surface area (Å²) < 4.78 is 0. The number of carboxylic acids is 2. The van der Waals surface area contributed by atoms with Gasteiger partial charge in [-0.3, -0.25) is 101 Å². The first-order valence-corrected chi connectivity index (χ1v) is 49.4. The van der Waals surface area contributed by atoms with Crippen molar-refractivity contribution in [3.8, 4) is 0 Å². The number of carbonyl (C=O) groups excluding carboxylic acids is 20. The molecule has 3 saturated heterocycles. The number of carbonyl (C=O) groups is 22. The first-order chi connectivity index (χ1) is 65.3. The quantitative estimate of drug-likeness (QED) is 0.0210. The van der Waals surface area contributed by atoms with E-state index >= 15 is 24.0 Å². The molecule has 19 atom stereocenters. The number of amides is 20. The lowest BCUT2D eigenvalue weighted by molar-refractivity contribution is -0.143. The van der Waals surface area contributed by atoms with E-state index in [1.807, 2.05) is 0 Å². The zero-order valence-electron chi connectivity index (χ0n) is 76.8. The number of unbranched alkanes of at least 4 members (excludes halogenated alkanes) is 1. The van der Waals surface area contributed by atoms with Crippen molar-refractivity contribution in [1.82, 2.24) is 99.9 Å². The topological polar surface area (TPSA) is 791 Å². The summed E-state index contributed by atoms with van der Waals surface area (Å²) in [5.41, 5.74) is 30.1. The van der Waals surface area contributed by atoms with Crippen LogP contribution in [0.25, 0.3) is 0 Å². The highest BCUT2D eigenvalue weighted by Crippen LogP contribution is 2.27. The van der Waals surface area contributed by atoms with E-state index in [0.717, 1.165) is 40.3 Å². The van der Waals surface area contributed by atoms with Gasteiger partial charge in [-0.1, -0.05) is 118 Å². The summed E-state index contributed by atoms with van der Waals surface area (Å²) in [5, 5.41) is 70.7. The maximum absolute atomic E-state index is 15.5. The number of nitrogens with two attached hydrogens (primary N) is 5. The Labute approximate surface area is 809 Å². The van der Waals surface area contributed by atoms with Gasteiger partial charge in [0.05, 0.1) is 30.6 Å². The summed E-state index contributed by atoms with van der Waals surface area (Å²) in [4.78, 5) is 321. The van der Waals surface area contributed by atoms with Crippen molar-refractivity contribution in [1.29, 1.82) is 0 Å². The van der Waals surface area contributed by atoms with Crippen LogP contribution in [-0.2, 0) is 125 Å². The molecule has 49 nitrogen and oxygen atoms in total. The number of rotatable bonds is 31. The first-order valence-electron chi connectivity index (χ1n) is 44.5. The fourth-order valence-corrected chi connectivity index (χ4v) is 18.8. The maximum Gasteiger partial charge on any atom is 0.326 e. The maximum atomic E-state index is 15.5. The molecule has 30 N–H and O–H groups in total. The van der Waals surface area contributed by atoms with Crippen molar-refractivity contribution in [2.45, 2.75) is 259 Å². The van der Waals surface area contributed by atoms with Crippen LogP contribution in [0.2, 0.25) is 0 Å². The predicted octanol–water partition coefficient (Wildman–Crippen LogP) is -7.73. The van der Waals surface area contributed by atoms with Gasteiger partial charge in [-0.05, 0) is 109 Å². The van der Waals surface area contributed by atoms with E-state index in [1.165, 1.54) is 26.4 Å². The molecule has 758 valence electrons. The number of aliphatic hydroxyl groups excluding tert-OH is 1. The molecule has 53 heteroatoms. The highest BCUT2D eigenvalue weighted by Gasteiger charge is 2.43. The molecule has 0 unspecified atom stereocenters. The molecule has 2 aromatic carbocycles. The Bertz CT molecular complexity index is 4780. The summed E-state index contributed by atoms with van der Waals surface area (Å²) >= 11 is 0. The highest BCUT2D eigenvalue weighted by molar-refractivity contribution is 8.77. The van der Waals surface area contributed by atoms with Gasteiger partial charge in [-0.2, -0.15) is 0 Å². The SMILES string of the molecule is CC(C)C[C@@H]1NC(=O)[C@H](C)NC(=O)[C@@H]2CSSC[C@H](N)C(=O)N[C@@H](CC(N)=O)C(=O)N[C@@H](CSSC[C@@H](C(=O)N[C@@H](CCC(N)=O)C(=O)N[C@@H](CCC(N)=O)C(=O)N[C@@H](Cc3c[nH]cn3)C(=O)O)NC(=O)[C@H](Cc3ccccc3)NC1=O)C(=O)N[C@@H](CCCCN)C(=O)N[C@@H](C)C(=O)N1CCC[C@H]1C(=O)N[C@@H](CCC(=O)O)C(=O)N[C@@H]([C@@H](C)O)C(=O)N[C@@H](C)C(=O)N[C@@H](Cc1ccccc1)C(=O)N2. The number of imidazole rings is 1. The van der Waals surface area contributed by atoms with Gasteiger partial charge < -0.3 is 139 Å². The lowest BCUT2D eigenvalue weighted by atomic mass is 10.0. The Hall–Kier alpha value is -12.7. The number of nitrogens with one attached hydrogen (secondary N) is 17. The largest absolute Gasteiger partial charge is 0.481 e. The second-order valence-corrected chi connectivity index (χ2v) is 38.7. The molecule has 20 amide bonds. The number of hydrogen-bond donors (Lipinski definition) is 25. The number of hydrogen-bond acceptors (Lipinski definition) is 30. The van der Waals surface area contributed by atoms with Crippen LogP contribution in [-0.4, -0.2) is 311 Å². The van der Waals surface area contributed by atoms with E-state index in [-0.39, 0.29) is 70.2 Å². The minimum Gasteiger partial charge on any atom is -0.481 e. The molecular weight excluding hydrogens is 1890 g/mol. The minimum absolute atomic E-state index is 0.0449. The van der Waals surface area contributed by atoms with Crippen molar-refractivity contribution in [3.63, 3.8) is 0 Å². The van der Waals surface area contributed by atoms with Crippen molar-refractivity contribution >= 4 is 173 Å². The number of aliphatic carboxylic acids is 2. The summed E-state index contributed by atoms with van der Waals surface area (Å²) in [6.45, 7) is 7.95. The van der Waals surface area contributed by atoms with Crippen molar-refractivity contribution in [3.05, 3.63) is 90.0 Å². The monoisotopic (exact) mass is 2010 g/mol. The van der Waals surface area contributed by atoms with Crippen LogP contribution in [0.4, 0.5) is 0 Å². The molecule has 138 heavy (non-hydrogen) atoms. The van der Waals surface area contributed by atoms with Gasteiger partial charge in [0, 0.05) is 74.3 Å². The lowest BCUT2D eigenvalue weighted by Crippen LogP contribution is -2.62. The molecule has 6 rings (SSSR count). The molecule has 3 aliphatic rings. The van der Waals surface area contributed by atoms with Crippen LogP contribution in [0.1, 0.15) is 142 Å². The number of fused-ring (bicyclic) bond motifs is 12. The zero-order chi connectivity index (χ0) is 102. The van der Waals surface area contributed by atoms with Crippen molar-refractivity contribution in [2.24, 2.45) is 34.6 Å². The van der Waals surface area contributed by atoms with Crippen LogP contribution in [0.15, 0.2) is 73.2 Å². The summed E-state index contributed by atoms with van der Waals surface area (Å²) in [7, 11) is 2.97. The second kappa shape index (κ2) is 57.5. The number of aromatic amines is 1. The smallest absolute Gasteiger partial charge is 0.326 e. The third-order valence-corrected chi connectivity index (χ3v) is 26.6. The summed E-state index contributed by atoms with van der Waals surface area (Å²) in [6.07, 6.45) is -5.30. The van der Waals surface area contributed by atoms with Gasteiger partial charge in [0.2, 0.25) is 118 Å². The average molecular weight is 2010 g/mol. The van der Waals surface area contributed by atoms with Crippen LogP contribution in [0.5, 0.6) is 0 Å². The van der Waals surface area contributed by atoms with Crippen LogP contribution < -0.4 is 114 Å². The number of aromatic nitrogens is 2. The first kappa shape index (κ1) is 114. The molecule has 0 aliphatic carbocycles. The number of carboxylic acid groups (broad SMARTS) is 2. The second-order valence-electron chi connectivity index (χ2n) is 33.6. The van der Waals surface area contributed by atoms with Crippen LogP contribution in [0, 0.1) is 5.92 Å². The Balaban J connectivity index is 1.56. The van der Waals surface area contributed by atoms with Gasteiger partial charge in [0.25, 0.3) is 0 Å². The van der Waals surface area contributed by atoms with E-state index < -0.39 is 325 Å². The Morgan fingerprint density at radius 3 is 1.48 bits per heavy atom. The van der Waals surface area contributed by atoms with E-state index in [4.69, 9.17) is 28.7 Å². The average Bonchev–Trinajstić information content (AvgIpc) is 1.66. The molecule has 0 spiro atoms. The van der Waals surface area contributed by atoms with E-state index in [0.29, 0.717) is 32.7 Å². The Morgan fingerprint density at radius 1 is 0.486 bits per heavy atom. The van der Waals surface area contributed by atoms with Gasteiger partial charge in [-0.15, -0.1) is 0 Å². The summed E-state index contributed by atoms with van der Waals surface area (Å²) in [6, 6.07) is -15.4. The van der Waals surface area contributed by atoms with Crippen LogP contribution in [0.3, 0.4) is 0 Å². The summed E-state index contributed by atoms with van der Waals surface area (Å²) in [5.74, 6) is -28.2. The number of primary amides is 3. The molecule has 3 aliphatic heterocycles. The van der Waals surface area contributed by atoms with Gasteiger partial charge in [0.1, 0.15) is 103 Å². The molecule has 3 aromatic rings. The van der Waals surface area contributed by atoms with Crippen molar-refractivity contribution in [2.75, 3.05) is 36.1 Å². The van der Waals surface area contributed by atoms with Gasteiger partial charge >= 0.3 is 11.9 Å². The Morgan fingerprint density at radius 2 is 0.949 bits per heavy atom.